The lowest BCUT2D eigenvalue weighted by Gasteiger charge is -2.43. The maximum atomic E-state index is 6.65. The molecule has 4 heteroatoms. The van der Waals surface area contributed by atoms with E-state index in [-0.39, 0.29) is 11.8 Å². The first-order valence-electron chi connectivity index (χ1n) is 17.1. The Morgan fingerprint density at radius 1 is 0.480 bits per heavy atom. The molecule has 236 valence electrons. The number of hydrogen-bond acceptors (Lipinski definition) is 4. The molecule has 0 saturated heterocycles. The van der Waals surface area contributed by atoms with Gasteiger partial charge in [0.05, 0.1) is 22.5 Å². The van der Waals surface area contributed by atoms with E-state index in [9.17, 15) is 0 Å². The van der Waals surface area contributed by atoms with Gasteiger partial charge in [0.2, 0.25) is 0 Å². The SMILES string of the molecule is C1=CC2c3ccccc3C3(c4ccccc4Oc4ccc(-c5ccc(-c6cc(-c7ccccc7)nc(-c7ccccc7)n6)cn5)cc43)C2C=C1. The summed E-state index contributed by atoms with van der Waals surface area (Å²) in [5.41, 5.74) is 11.3. The zero-order valence-corrected chi connectivity index (χ0v) is 27.1. The van der Waals surface area contributed by atoms with E-state index in [0.717, 1.165) is 50.8 Å². The van der Waals surface area contributed by atoms with E-state index in [1.807, 2.05) is 54.7 Å². The largest absolute Gasteiger partial charge is 0.457 e. The first-order chi connectivity index (χ1) is 24.8. The summed E-state index contributed by atoms with van der Waals surface area (Å²) in [7, 11) is 0. The zero-order chi connectivity index (χ0) is 33.1. The Labute approximate surface area is 291 Å². The molecular weight excluding hydrogens is 611 g/mol. The lowest BCUT2D eigenvalue weighted by Crippen LogP contribution is -2.37. The third-order valence-corrected chi connectivity index (χ3v) is 10.5. The van der Waals surface area contributed by atoms with Crippen LogP contribution < -0.4 is 4.74 Å². The predicted octanol–water partition coefficient (Wildman–Crippen LogP) is 10.8. The van der Waals surface area contributed by atoms with Crippen molar-refractivity contribution in [1.29, 1.82) is 0 Å². The van der Waals surface area contributed by atoms with E-state index in [4.69, 9.17) is 19.7 Å². The van der Waals surface area contributed by atoms with Crippen molar-refractivity contribution in [2.45, 2.75) is 11.3 Å². The van der Waals surface area contributed by atoms with Gasteiger partial charge in [0, 0.05) is 51.4 Å². The highest BCUT2D eigenvalue weighted by Crippen LogP contribution is 2.64. The van der Waals surface area contributed by atoms with Crippen LogP contribution in [0.4, 0.5) is 0 Å². The number of aromatic nitrogens is 3. The number of nitrogens with zero attached hydrogens (tertiary/aromatic N) is 3. The molecule has 3 atom stereocenters. The lowest BCUT2D eigenvalue weighted by atomic mass is 9.61. The number of pyridine rings is 1. The first-order valence-corrected chi connectivity index (χ1v) is 17.1. The van der Waals surface area contributed by atoms with Crippen LogP contribution in [0.5, 0.6) is 11.5 Å². The summed E-state index contributed by atoms with van der Waals surface area (Å²) < 4.78 is 6.65. The Kier molecular flexibility index (Phi) is 6.50. The highest BCUT2D eigenvalue weighted by molar-refractivity contribution is 5.76. The fraction of sp³-hybridized carbons (Fsp3) is 0.0652. The minimum Gasteiger partial charge on any atom is -0.457 e. The smallest absolute Gasteiger partial charge is 0.160 e. The molecule has 5 aromatic carbocycles. The third-order valence-electron chi connectivity index (χ3n) is 10.5. The van der Waals surface area contributed by atoms with Crippen molar-refractivity contribution in [2.75, 3.05) is 0 Å². The molecule has 10 rings (SSSR count). The molecule has 0 amide bonds. The summed E-state index contributed by atoms with van der Waals surface area (Å²) in [6, 6.07) is 50.7. The van der Waals surface area contributed by atoms with Gasteiger partial charge in [-0.15, -0.1) is 0 Å². The quantitative estimate of drug-likeness (QED) is 0.192. The third kappa shape index (κ3) is 4.35. The molecule has 0 radical (unpaired) electrons. The van der Waals surface area contributed by atoms with Crippen molar-refractivity contribution in [3.05, 3.63) is 198 Å². The van der Waals surface area contributed by atoms with Crippen LogP contribution in [-0.4, -0.2) is 15.0 Å². The summed E-state index contributed by atoms with van der Waals surface area (Å²) in [4.78, 5) is 15.0. The Balaban J connectivity index is 1.09. The van der Waals surface area contributed by atoms with Gasteiger partial charge in [-0.25, -0.2) is 9.97 Å². The summed E-state index contributed by atoms with van der Waals surface area (Å²) in [6.07, 6.45) is 11.1. The van der Waals surface area contributed by atoms with Crippen molar-refractivity contribution in [3.8, 4) is 56.7 Å². The van der Waals surface area contributed by atoms with Crippen LogP contribution in [-0.2, 0) is 5.41 Å². The van der Waals surface area contributed by atoms with Gasteiger partial charge >= 0.3 is 0 Å². The van der Waals surface area contributed by atoms with Crippen molar-refractivity contribution < 1.29 is 4.74 Å². The fourth-order valence-corrected chi connectivity index (χ4v) is 8.31. The lowest BCUT2D eigenvalue weighted by molar-refractivity contribution is 0.374. The molecule has 0 bridgehead atoms. The van der Waals surface area contributed by atoms with E-state index in [1.165, 1.54) is 22.3 Å². The van der Waals surface area contributed by atoms with E-state index in [2.05, 4.69) is 121 Å². The number of para-hydroxylation sites is 1. The van der Waals surface area contributed by atoms with Gasteiger partial charge in [0.1, 0.15) is 11.5 Å². The van der Waals surface area contributed by atoms with Crippen LogP contribution in [0.3, 0.4) is 0 Å². The Morgan fingerprint density at radius 3 is 1.94 bits per heavy atom. The number of rotatable bonds is 4. The molecule has 0 saturated carbocycles. The summed E-state index contributed by atoms with van der Waals surface area (Å²) in [5.74, 6) is 3.00. The van der Waals surface area contributed by atoms with E-state index >= 15 is 0 Å². The minimum atomic E-state index is -0.398. The maximum absolute atomic E-state index is 6.65. The standard InChI is InChI=1S/C46H31N3O/c1-3-13-30(14-4-1)41-28-42(49-45(48-41)31-15-5-2-6-16-31)33-23-25-40(47-29-33)32-24-26-44-39(27-32)46(38-21-11-12-22-43(38)50-44)36-19-9-7-17-34(36)35-18-8-10-20-37(35)46/h1-29,34,36H. The summed E-state index contributed by atoms with van der Waals surface area (Å²) >= 11 is 0. The van der Waals surface area contributed by atoms with Crippen LogP contribution in [0.15, 0.2) is 176 Å². The van der Waals surface area contributed by atoms with Gasteiger partial charge in [0.15, 0.2) is 5.82 Å². The molecule has 50 heavy (non-hydrogen) atoms. The van der Waals surface area contributed by atoms with Crippen LogP contribution in [0, 0.1) is 5.92 Å². The number of benzene rings is 5. The number of ether oxygens (including phenoxy) is 1. The maximum Gasteiger partial charge on any atom is 0.160 e. The van der Waals surface area contributed by atoms with Crippen LogP contribution in [0.1, 0.15) is 28.2 Å². The molecule has 7 aromatic rings. The van der Waals surface area contributed by atoms with Crippen molar-refractivity contribution in [1.82, 2.24) is 15.0 Å². The highest BCUT2D eigenvalue weighted by atomic mass is 16.5. The van der Waals surface area contributed by atoms with Gasteiger partial charge in [0.25, 0.3) is 0 Å². The van der Waals surface area contributed by atoms with E-state index in [1.54, 1.807) is 0 Å². The molecule has 0 N–H and O–H groups in total. The minimum absolute atomic E-state index is 0.217. The van der Waals surface area contributed by atoms with Crippen molar-refractivity contribution in [3.63, 3.8) is 0 Å². The van der Waals surface area contributed by atoms with Crippen molar-refractivity contribution in [2.24, 2.45) is 5.92 Å². The van der Waals surface area contributed by atoms with Gasteiger partial charge in [-0.3, -0.25) is 4.98 Å². The molecule has 2 aromatic heterocycles. The topological polar surface area (TPSA) is 47.9 Å². The molecular formula is C46H31N3O. The molecule has 0 fully saturated rings. The number of fused-ring (bicyclic) bond motifs is 9. The van der Waals surface area contributed by atoms with Crippen molar-refractivity contribution >= 4 is 0 Å². The second kappa shape index (κ2) is 11.4. The average molecular weight is 642 g/mol. The van der Waals surface area contributed by atoms with Crippen LogP contribution in [0.2, 0.25) is 0 Å². The summed E-state index contributed by atoms with van der Waals surface area (Å²) in [6.45, 7) is 0. The zero-order valence-electron chi connectivity index (χ0n) is 27.1. The Hall–Kier alpha value is -6.39. The van der Waals surface area contributed by atoms with Gasteiger partial charge in [-0.05, 0) is 53.6 Å². The summed E-state index contributed by atoms with van der Waals surface area (Å²) in [5, 5.41) is 0. The molecule has 3 unspecified atom stereocenters. The van der Waals surface area contributed by atoms with Crippen LogP contribution in [0.25, 0.3) is 45.2 Å². The highest BCUT2D eigenvalue weighted by Gasteiger charge is 2.56. The second-order valence-electron chi connectivity index (χ2n) is 13.2. The molecule has 4 nitrogen and oxygen atoms in total. The second-order valence-corrected chi connectivity index (χ2v) is 13.2. The molecule has 2 aliphatic carbocycles. The Bertz CT molecular complexity index is 2410. The number of allylic oxidation sites excluding steroid dienone is 4. The van der Waals surface area contributed by atoms with E-state index in [0.29, 0.717) is 5.82 Å². The normalized spacial score (nSPS) is 19.3. The Morgan fingerprint density at radius 2 is 1.14 bits per heavy atom. The monoisotopic (exact) mass is 641 g/mol. The fourth-order valence-electron chi connectivity index (χ4n) is 8.31. The molecule has 3 aliphatic rings. The number of hydrogen-bond donors (Lipinski definition) is 0. The van der Waals surface area contributed by atoms with Gasteiger partial charge in [-0.1, -0.05) is 127 Å². The van der Waals surface area contributed by atoms with E-state index < -0.39 is 5.41 Å². The average Bonchev–Trinajstić information content (AvgIpc) is 3.49. The first kappa shape index (κ1) is 28.6. The molecule has 3 heterocycles. The van der Waals surface area contributed by atoms with Crippen LogP contribution >= 0.6 is 0 Å². The predicted molar refractivity (Wildman–Crippen MR) is 199 cm³/mol. The van der Waals surface area contributed by atoms with Gasteiger partial charge in [-0.2, -0.15) is 0 Å². The van der Waals surface area contributed by atoms with Gasteiger partial charge < -0.3 is 4.74 Å². The molecule has 1 aliphatic heterocycles. The molecule has 1 spiro atoms.